The molecule has 2 heteroatoms. The third-order valence-corrected chi connectivity index (χ3v) is 2.78. The molecule has 0 bridgehead atoms. The third kappa shape index (κ3) is 2.49. The Hall–Kier alpha value is -1.18. The zero-order valence-electron chi connectivity index (χ0n) is 10.6. The molecule has 1 N–H and O–H groups in total. The van der Waals surface area contributed by atoms with E-state index < -0.39 is 0 Å². The van der Waals surface area contributed by atoms with Crippen molar-refractivity contribution in [2.24, 2.45) is 5.92 Å². The van der Waals surface area contributed by atoms with Gasteiger partial charge in [0.1, 0.15) is 11.4 Å². The van der Waals surface area contributed by atoms with E-state index in [0.29, 0.717) is 5.92 Å². The summed E-state index contributed by atoms with van der Waals surface area (Å²) in [5.74, 6) is 1.68. The van der Waals surface area contributed by atoms with Crippen LogP contribution >= 0.6 is 0 Å². The van der Waals surface area contributed by atoms with Crippen LogP contribution in [0, 0.1) is 5.92 Å². The second-order valence-electron chi connectivity index (χ2n) is 5.64. The summed E-state index contributed by atoms with van der Waals surface area (Å²) in [6.45, 7) is 9.56. The van der Waals surface area contributed by atoms with E-state index in [2.05, 4.69) is 51.2 Å². The van der Waals surface area contributed by atoms with Gasteiger partial charge >= 0.3 is 0 Å². The maximum atomic E-state index is 5.98. The number of hydrogen-bond acceptors (Lipinski definition) is 2. The first kappa shape index (κ1) is 11.3. The van der Waals surface area contributed by atoms with Crippen molar-refractivity contribution in [3.63, 3.8) is 0 Å². The van der Waals surface area contributed by atoms with Crippen molar-refractivity contribution in [3.05, 3.63) is 23.8 Å². The highest BCUT2D eigenvalue weighted by molar-refractivity contribution is 5.59. The van der Waals surface area contributed by atoms with Crippen LogP contribution in [0.2, 0.25) is 0 Å². The van der Waals surface area contributed by atoms with Crippen LogP contribution < -0.4 is 10.1 Å². The Morgan fingerprint density at radius 1 is 1.38 bits per heavy atom. The van der Waals surface area contributed by atoms with Crippen LogP contribution in [0.5, 0.6) is 5.75 Å². The smallest absolute Gasteiger partial charge is 0.143 e. The first-order valence-electron chi connectivity index (χ1n) is 6.02. The summed E-state index contributed by atoms with van der Waals surface area (Å²) in [6.07, 6.45) is 1.11. The molecular weight excluding hydrogens is 198 g/mol. The molecule has 0 aliphatic carbocycles. The standard InChI is InChI=1S/C14H21NO/c1-10(2)7-11-5-6-12-13(8-11)16-14(3,4)9-15-12/h5-6,8,10,15H,7,9H2,1-4H3. The lowest BCUT2D eigenvalue weighted by Crippen LogP contribution is -2.40. The highest BCUT2D eigenvalue weighted by Gasteiger charge is 2.26. The lowest BCUT2D eigenvalue weighted by atomic mass is 10.0. The monoisotopic (exact) mass is 219 g/mol. The average molecular weight is 219 g/mol. The second-order valence-corrected chi connectivity index (χ2v) is 5.64. The summed E-state index contributed by atoms with van der Waals surface area (Å²) >= 11 is 0. The van der Waals surface area contributed by atoms with Gasteiger partial charge in [0, 0.05) is 0 Å². The molecule has 0 amide bonds. The van der Waals surface area contributed by atoms with Gasteiger partial charge in [-0.05, 0) is 43.9 Å². The Kier molecular flexibility index (Phi) is 2.83. The van der Waals surface area contributed by atoms with Gasteiger partial charge in [-0.25, -0.2) is 0 Å². The molecule has 0 aromatic heterocycles. The van der Waals surface area contributed by atoms with E-state index in [1.54, 1.807) is 0 Å². The maximum absolute atomic E-state index is 5.98. The highest BCUT2D eigenvalue weighted by atomic mass is 16.5. The van der Waals surface area contributed by atoms with Gasteiger partial charge in [0.15, 0.2) is 0 Å². The number of fused-ring (bicyclic) bond motifs is 1. The van der Waals surface area contributed by atoms with Gasteiger partial charge in [-0.3, -0.25) is 0 Å². The van der Waals surface area contributed by atoms with E-state index in [1.165, 1.54) is 5.56 Å². The Bertz CT molecular complexity index is 382. The van der Waals surface area contributed by atoms with Crippen LogP contribution in [0.3, 0.4) is 0 Å². The van der Waals surface area contributed by atoms with Crippen molar-refractivity contribution in [2.45, 2.75) is 39.7 Å². The van der Waals surface area contributed by atoms with E-state index in [1.807, 2.05) is 0 Å². The van der Waals surface area contributed by atoms with Gasteiger partial charge in [0.05, 0.1) is 12.2 Å². The summed E-state index contributed by atoms with van der Waals surface area (Å²) in [7, 11) is 0. The molecule has 16 heavy (non-hydrogen) atoms. The van der Waals surface area contributed by atoms with Crippen LogP contribution in [-0.2, 0) is 6.42 Å². The fraction of sp³-hybridized carbons (Fsp3) is 0.571. The number of ether oxygens (including phenoxy) is 1. The Morgan fingerprint density at radius 2 is 2.12 bits per heavy atom. The highest BCUT2D eigenvalue weighted by Crippen LogP contribution is 2.33. The molecule has 88 valence electrons. The summed E-state index contributed by atoms with van der Waals surface area (Å²) in [4.78, 5) is 0. The van der Waals surface area contributed by atoms with Gasteiger partial charge < -0.3 is 10.1 Å². The minimum atomic E-state index is -0.108. The zero-order chi connectivity index (χ0) is 11.8. The molecule has 1 aliphatic rings. The van der Waals surface area contributed by atoms with E-state index in [9.17, 15) is 0 Å². The number of rotatable bonds is 2. The van der Waals surface area contributed by atoms with Crippen molar-refractivity contribution < 1.29 is 4.74 Å². The van der Waals surface area contributed by atoms with Crippen LogP contribution in [0.4, 0.5) is 5.69 Å². The van der Waals surface area contributed by atoms with Crippen molar-refractivity contribution >= 4 is 5.69 Å². The molecule has 0 fully saturated rings. The van der Waals surface area contributed by atoms with Crippen molar-refractivity contribution in [1.29, 1.82) is 0 Å². The molecule has 1 aromatic rings. The van der Waals surface area contributed by atoms with Crippen LogP contribution in [0.15, 0.2) is 18.2 Å². The van der Waals surface area contributed by atoms with Crippen molar-refractivity contribution in [2.75, 3.05) is 11.9 Å². The quantitative estimate of drug-likeness (QED) is 0.822. The second kappa shape index (κ2) is 4.00. The van der Waals surface area contributed by atoms with Gasteiger partial charge in [-0.2, -0.15) is 0 Å². The molecule has 2 nitrogen and oxygen atoms in total. The first-order chi connectivity index (χ1) is 7.46. The molecule has 0 radical (unpaired) electrons. The zero-order valence-corrected chi connectivity index (χ0v) is 10.6. The number of hydrogen-bond donors (Lipinski definition) is 1. The van der Waals surface area contributed by atoms with Crippen molar-refractivity contribution in [3.8, 4) is 5.75 Å². The summed E-state index contributed by atoms with van der Waals surface area (Å²) in [6, 6.07) is 6.49. The molecule has 0 spiro atoms. The van der Waals surface area contributed by atoms with Gasteiger partial charge in [-0.15, -0.1) is 0 Å². The minimum absolute atomic E-state index is 0.108. The predicted octanol–water partition coefficient (Wildman–Crippen LogP) is 3.47. The van der Waals surface area contributed by atoms with Crippen LogP contribution in [0.25, 0.3) is 0 Å². The molecule has 0 unspecified atom stereocenters. The van der Waals surface area contributed by atoms with Crippen LogP contribution in [-0.4, -0.2) is 12.1 Å². The predicted molar refractivity (Wildman–Crippen MR) is 68.2 cm³/mol. The fourth-order valence-corrected chi connectivity index (χ4v) is 2.04. The Balaban J connectivity index is 2.24. The largest absolute Gasteiger partial charge is 0.484 e. The number of anilines is 1. The first-order valence-corrected chi connectivity index (χ1v) is 6.02. The fourth-order valence-electron chi connectivity index (χ4n) is 2.04. The van der Waals surface area contributed by atoms with E-state index in [0.717, 1.165) is 24.4 Å². The summed E-state index contributed by atoms with van der Waals surface area (Å²) < 4.78 is 5.98. The molecular formula is C14H21NO. The molecule has 0 atom stereocenters. The average Bonchev–Trinajstić information content (AvgIpc) is 2.14. The lowest BCUT2D eigenvalue weighted by molar-refractivity contribution is 0.116. The summed E-state index contributed by atoms with van der Waals surface area (Å²) in [5.41, 5.74) is 2.36. The van der Waals surface area contributed by atoms with Gasteiger partial charge in [0.25, 0.3) is 0 Å². The van der Waals surface area contributed by atoms with Gasteiger partial charge in [-0.1, -0.05) is 19.9 Å². The number of benzene rings is 1. The molecule has 0 saturated heterocycles. The van der Waals surface area contributed by atoms with E-state index in [4.69, 9.17) is 4.74 Å². The van der Waals surface area contributed by atoms with Gasteiger partial charge in [0.2, 0.25) is 0 Å². The third-order valence-electron chi connectivity index (χ3n) is 2.78. The minimum Gasteiger partial charge on any atom is -0.484 e. The van der Waals surface area contributed by atoms with Crippen molar-refractivity contribution in [1.82, 2.24) is 0 Å². The molecule has 1 aliphatic heterocycles. The summed E-state index contributed by atoms with van der Waals surface area (Å²) in [5, 5.41) is 3.41. The SMILES string of the molecule is CC(C)Cc1ccc2c(c1)OC(C)(C)CN2. The Morgan fingerprint density at radius 3 is 2.81 bits per heavy atom. The topological polar surface area (TPSA) is 21.3 Å². The molecule has 2 rings (SSSR count). The Labute approximate surface area is 98.0 Å². The van der Waals surface area contributed by atoms with E-state index in [-0.39, 0.29) is 5.60 Å². The van der Waals surface area contributed by atoms with Crippen LogP contribution in [0.1, 0.15) is 33.3 Å². The normalized spacial score (nSPS) is 17.6. The lowest BCUT2D eigenvalue weighted by Gasteiger charge is -2.33. The molecule has 1 heterocycles. The maximum Gasteiger partial charge on any atom is 0.143 e. The molecule has 0 saturated carbocycles. The number of nitrogens with one attached hydrogen (secondary N) is 1. The molecule has 1 aromatic carbocycles. The van der Waals surface area contributed by atoms with E-state index >= 15 is 0 Å².